The molecular weight excluding hydrogens is 438 g/mol. The van der Waals surface area contributed by atoms with E-state index in [0.29, 0.717) is 5.92 Å². The van der Waals surface area contributed by atoms with Crippen molar-refractivity contribution in [3.8, 4) is 11.1 Å². The van der Waals surface area contributed by atoms with Crippen molar-refractivity contribution in [2.24, 2.45) is 5.92 Å². The molecule has 4 rings (SSSR count). The molecule has 0 bridgehead atoms. The quantitative estimate of drug-likeness (QED) is 0.273. The van der Waals surface area contributed by atoms with Gasteiger partial charge in [-0.2, -0.15) is 6.07 Å². The first-order chi connectivity index (χ1) is 12.6. The van der Waals surface area contributed by atoms with Crippen LogP contribution in [0, 0.1) is 5.92 Å². The van der Waals surface area contributed by atoms with Crippen LogP contribution < -0.4 is 0 Å². The van der Waals surface area contributed by atoms with Crippen molar-refractivity contribution in [2.45, 2.75) is 20.3 Å². The van der Waals surface area contributed by atoms with Gasteiger partial charge < -0.3 is 0 Å². The molecule has 26 heavy (non-hydrogen) atoms. The summed E-state index contributed by atoms with van der Waals surface area (Å²) < 4.78 is 0. The van der Waals surface area contributed by atoms with Crippen LogP contribution in [0.4, 0.5) is 0 Å². The summed E-state index contributed by atoms with van der Waals surface area (Å²) in [7, 11) is 9.87. The Balaban J connectivity index is 0.000000613. The fourth-order valence-corrected chi connectivity index (χ4v) is 3.49. The van der Waals surface area contributed by atoms with Crippen molar-refractivity contribution in [3.05, 3.63) is 78.4 Å². The van der Waals surface area contributed by atoms with E-state index in [-0.39, 0.29) is 0 Å². The SMILES string of the molecule is CC(C)Cc1cc2c(-c3ccc4ccccc4c3)cccc2[cH-]1.[Cl][Zr][Cl]. The van der Waals surface area contributed by atoms with Crippen molar-refractivity contribution in [3.63, 3.8) is 0 Å². The number of fused-ring (bicyclic) bond motifs is 2. The Kier molecular flexibility index (Phi) is 7.04. The molecule has 0 aliphatic heterocycles. The number of rotatable bonds is 3. The van der Waals surface area contributed by atoms with Gasteiger partial charge in [0.05, 0.1) is 0 Å². The van der Waals surface area contributed by atoms with Crippen LogP contribution in [0.25, 0.3) is 32.7 Å². The number of hydrogen-bond donors (Lipinski definition) is 0. The van der Waals surface area contributed by atoms with E-state index in [1.807, 2.05) is 0 Å². The van der Waals surface area contributed by atoms with Gasteiger partial charge in [-0.1, -0.05) is 61.9 Å². The summed E-state index contributed by atoms with van der Waals surface area (Å²) in [6, 6.07) is 26.7. The summed E-state index contributed by atoms with van der Waals surface area (Å²) >= 11 is -0.826. The second kappa shape index (κ2) is 9.27. The normalized spacial score (nSPS) is 10.8. The van der Waals surface area contributed by atoms with Gasteiger partial charge in [-0.05, 0) is 34.7 Å². The first-order valence-electron chi connectivity index (χ1n) is 8.76. The van der Waals surface area contributed by atoms with Gasteiger partial charge in [0.2, 0.25) is 0 Å². The number of benzene rings is 3. The van der Waals surface area contributed by atoms with E-state index < -0.39 is 20.8 Å². The van der Waals surface area contributed by atoms with Crippen LogP contribution in [0.5, 0.6) is 0 Å². The van der Waals surface area contributed by atoms with Crippen molar-refractivity contribution >= 4 is 38.6 Å². The fraction of sp³-hybridized carbons (Fsp3) is 0.174. The Labute approximate surface area is 174 Å². The van der Waals surface area contributed by atoms with Crippen LogP contribution in [0.2, 0.25) is 0 Å². The molecule has 132 valence electrons. The van der Waals surface area contributed by atoms with Gasteiger partial charge in [-0.15, -0.1) is 34.5 Å². The molecular formula is C23H21Cl2Zr-. The van der Waals surface area contributed by atoms with Crippen LogP contribution in [0.15, 0.2) is 72.8 Å². The minimum absolute atomic E-state index is 0.691. The molecule has 0 N–H and O–H groups in total. The van der Waals surface area contributed by atoms with E-state index >= 15 is 0 Å². The van der Waals surface area contributed by atoms with Crippen molar-refractivity contribution in [2.75, 3.05) is 0 Å². The van der Waals surface area contributed by atoms with E-state index in [0.717, 1.165) is 6.42 Å². The molecule has 0 saturated heterocycles. The van der Waals surface area contributed by atoms with Gasteiger partial charge in [0.25, 0.3) is 0 Å². The third-order valence-corrected chi connectivity index (χ3v) is 4.51. The van der Waals surface area contributed by atoms with Crippen LogP contribution in [0.1, 0.15) is 19.4 Å². The van der Waals surface area contributed by atoms with E-state index in [4.69, 9.17) is 17.0 Å². The van der Waals surface area contributed by atoms with E-state index in [9.17, 15) is 0 Å². The fourth-order valence-electron chi connectivity index (χ4n) is 3.49. The van der Waals surface area contributed by atoms with E-state index in [1.54, 1.807) is 0 Å². The summed E-state index contributed by atoms with van der Waals surface area (Å²) in [5.41, 5.74) is 4.09. The first-order valence-corrected chi connectivity index (χ1v) is 15.1. The summed E-state index contributed by atoms with van der Waals surface area (Å²) in [6.07, 6.45) is 1.14. The predicted octanol–water partition coefficient (Wildman–Crippen LogP) is 7.95. The first kappa shape index (κ1) is 19.7. The Hall–Kier alpha value is -1.01. The predicted molar refractivity (Wildman–Crippen MR) is 113 cm³/mol. The van der Waals surface area contributed by atoms with Crippen LogP contribution in [-0.4, -0.2) is 0 Å². The zero-order valence-electron chi connectivity index (χ0n) is 15.0. The molecule has 0 heterocycles. The van der Waals surface area contributed by atoms with E-state index in [1.165, 1.54) is 38.2 Å². The van der Waals surface area contributed by atoms with E-state index in [2.05, 4.69) is 86.6 Å². The topological polar surface area (TPSA) is 0 Å². The second-order valence-electron chi connectivity index (χ2n) is 6.90. The molecule has 0 nitrogen and oxygen atoms in total. The Morgan fingerprint density at radius 1 is 0.885 bits per heavy atom. The summed E-state index contributed by atoms with van der Waals surface area (Å²) in [5, 5.41) is 5.33. The molecule has 3 heteroatoms. The molecule has 4 aromatic carbocycles. The molecule has 0 aliphatic rings. The Morgan fingerprint density at radius 3 is 2.35 bits per heavy atom. The molecule has 0 spiro atoms. The van der Waals surface area contributed by atoms with Crippen molar-refractivity contribution in [1.29, 1.82) is 0 Å². The molecule has 0 radical (unpaired) electrons. The molecule has 0 aromatic heterocycles. The van der Waals surface area contributed by atoms with Gasteiger partial charge in [-0.25, -0.2) is 0 Å². The molecule has 0 amide bonds. The Morgan fingerprint density at radius 2 is 1.62 bits per heavy atom. The second-order valence-corrected chi connectivity index (χ2v) is 10.6. The van der Waals surface area contributed by atoms with Crippen LogP contribution in [-0.2, 0) is 27.3 Å². The minimum atomic E-state index is -0.826. The maximum absolute atomic E-state index is 4.93. The number of hydrogen-bond acceptors (Lipinski definition) is 0. The average Bonchev–Trinajstić information content (AvgIpc) is 3.03. The number of halogens is 2. The van der Waals surface area contributed by atoms with Gasteiger partial charge in [0.15, 0.2) is 0 Å². The zero-order valence-corrected chi connectivity index (χ0v) is 18.9. The molecule has 0 aliphatic carbocycles. The Bertz CT molecular complexity index is 1000. The molecule has 0 unspecified atom stereocenters. The van der Waals surface area contributed by atoms with Crippen molar-refractivity contribution in [1.82, 2.24) is 0 Å². The standard InChI is InChI=1S/C23H21.2ClH.Zr/c1-16(2)12-17-13-20-8-5-9-22(23(20)14-17)21-11-10-18-6-3-4-7-19(18)15-21;;;/h3-11,13-16H,12H2,1-2H3;2*1H;/q-1;;;+2/p-2. The molecule has 4 aromatic rings. The van der Waals surface area contributed by atoms with Gasteiger partial charge in [0.1, 0.15) is 0 Å². The summed E-state index contributed by atoms with van der Waals surface area (Å²) in [4.78, 5) is 0. The molecule has 0 fully saturated rings. The van der Waals surface area contributed by atoms with Crippen molar-refractivity contribution < 1.29 is 20.8 Å². The molecule has 0 atom stereocenters. The van der Waals surface area contributed by atoms with Crippen LogP contribution in [0.3, 0.4) is 0 Å². The average molecular weight is 460 g/mol. The third-order valence-electron chi connectivity index (χ3n) is 4.51. The van der Waals surface area contributed by atoms with Gasteiger partial charge >= 0.3 is 37.9 Å². The van der Waals surface area contributed by atoms with Crippen LogP contribution >= 0.6 is 17.0 Å². The zero-order chi connectivity index (χ0) is 18.5. The monoisotopic (exact) mass is 457 g/mol. The van der Waals surface area contributed by atoms with Gasteiger partial charge in [-0.3, -0.25) is 0 Å². The summed E-state index contributed by atoms with van der Waals surface area (Å²) in [6.45, 7) is 4.56. The molecule has 0 saturated carbocycles. The third kappa shape index (κ3) is 4.63. The maximum atomic E-state index is 4.93. The van der Waals surface area contributed by atoms with Gasteiger partial charge in [0, 0.05) is 0 Å². The summed E-state index contributed by atoms with van der Waals surface area (Å²) in [5.74, 6) is 0.691.